The van der Waals surface area contributed by atoms with E-state index in [9.17, 15) is 18.0 Å². The van der Waals surface area contributed by atoms with Gasteiger partial charge in [0.25, 0.3) is 0 Å². The van der Waals surface area contributed by atoms with Crippen molar-refractivity contribution in [1.29, 1.82) is 0 Å². The van der Waals surface area contributed by atoms with Gasteiger partial charge >= 0.3 is 0 Å². The molecular weight excluding hydrogens is 495 g/mol. The van der Waals surface area contributed by atoms with Crippen LogP contribution in [0.3, 0.4) is 0 Å². The Labute approximate surface area is 202 Å². The summed E-state index contributed by atoms with van der Waals surface area (Å²) in [7, 11) is -3.39. The van der Waals surface area contributed by atoms with E-state index in [4.69, 9.17) is 34.8 Å². The van der Waals surface area contributed by atoms with Gasteiger partial charge in [-0.25, -0.2) is 8.42 Å². The van der Waals surface area contributed by atoms with Crippen LogP contribution in [-0.2, 0) is 25.8 Å². The fourth-order valence-electron chi connectivity index (χ4n) is 3.73. The van der Waals surface area contributed by atoms with Crippen LogP contribution < -0.4 is 10.2 Å². The largest absolute Gasteiger partial charge is 0.325 e. The summed E-state index contributed by atoms with van der Waals surface area (Å²) in [6, 6.07) is 7.58. The lowest BCUT2D eigenvalue weighted by Crippen LogP contribution is -2.42. The summed E-state index contributed by atoms with van der Waals surface area (Å²) in [5, 5.41) is 3.76. The first-order chi connectivity index (χ1) is 15.0. The van der Waals surface area contributed by atoms with E-state index in [2.05, 4.69) is 5.32 Å². The summed E-state index contributed by atoms with van der Waals surface area (Å²) in [4.78, 5) is 27.0. The highest BCUT2D eigenvalue weighted by molar-refractivity contribution is 7.90. The third-order valence-corrected chi connectivity index (χ3v) is 7.26. The fraction of sp³-hybridized carbons (Fsp3) is 0.364. The number of amides is 2. The van der Waals surface area contributed by atoms with Gasteiger partial charge in [-0.1, -0.05) is 34.8 Å². The van der Waals surface area contributed by atoms with Gasteiger partial charge in [-0.3, -0.25) is 9.59 Å². The molecule has 1 aliphatic rings. The zero-order valence-electron chi connectivity index (χ0n) is 17.6. The van der Waals surface area contributed by atoms with Crippen LogP contribution in [-0.4, -0.2) is 32.5 Å². The Morgan fingerprint density at radius 3 is 2.47 bits per heavy atom. The van der Waals surface area contributed by atoms with Gasteiger partial charge in [-0.05, 0) is 62.1 Å². The zero-order chi connectivity index (χ0) is 23.6. The number of fused-ring (bicyclic) bond motifs is 1. The van der Waals surface area contributed by atoms with Gasteiger partial charge in [0.15, 0.2) is 9.84 Å². The van der Waals surface area contributed by atoms with Gasteiger partial charge in [0.05, 0.1) is 26.3 Å². The monoisotopic (exact) mass is 516 g/mol. The van der Waals surface area contributed by atoms with E-state index in [1.807, 2.05) is 13.0 Å². The van der Waals surface area contributed by atoms with E-state index >= 15 is 0 Å². The number of rotatable bonds is 6. The Bertz CT molecular complexity index is 1170. The molecule has 2 aromatic rings. The van der Waals surface area contributed by atoms with Crippen molar-refractivity contribution >= 4 is 67.8 Å². The zero-order valence-corrected chi connectivity index (χ0v) is 20.7. The minimum absolute atomic E-state index is 0.00494. The predicted molar refractivity (Wildman–Crippen MR) is 129 cm³/mol. The molecular formula is C22H23Cl3N2O4S. The van der Waals surface area contributed by atoms with Crippen LogP contribution in [0.25, 0.3) is 0 Å². The minimum Gasteiger partial charge on any atom is -0.325 e. The topological polar surface area (TPSA) is 83.6 Å². The highest BCUT2D eigenvalue weighted by Gasteiger charge is 2.30. The average molecular weight is 518 g/mol. The second-order valence-electron chi connectivity index (χ2n) is 7.86. The van der Waals surface area contributed by atoms with Gasteiger partial charge < -0.3 is 10.2 Å². The van der Waals surface area contributed by atoms with Crippen LogP contribution in [0.2, 0.25) is 15.1 Å². The summed E-state index contributed by atoms with van der Waals surface area (Å²) in [5.74, 6) is -0.422. The standard InChI is InChI=1S/C22H23Cl3N2O4S/c1-13-6-7-14-10-15(23)11-18(25)22(14)27(13)21(29)5-3-4-20(28)26-19-9-8-16(12-17(19)24)32(2,30)31/h8-13H,3-7H2,1-2H3,(H,26,28). The molecule has 0 fully saturated rings. The van der Waals surface area contributed by atoms with Crippen molar-refractivity contribution in [3.05, 3.63) is 51.0 Å². The molecule has 1 heterocycles. The molecule has 1 N–H and O–H groups in total. The molecule has 1 unspecified atom stereocenters. The molecule has 2 aromatic carbocycles. The van der Waals surface area contributed by atoms with Crippen molar-refractivity contribution in [1.82, 2.24) is 0 Å². The van der Waals surface area contributed by atoms with E-state index in [0.717, 1.165) is 24.7 Å². The molecule has 0 bridgehead atoms. The van der Waals surface area contributed by atoms with E-state index < -0.39 is 9.84 Å². The number of anilines is 2. The number of sulfone groups is 1. The number of halogens is 3. The highest BCUT2D eigenvalue weighted by Crippen LogP contribution is 2.39. The normalized spacial score (nSPS) is 15.9. The van der Waals surface area contributed by atoms with Crippen molar-refractivity contribution in [2.75, 3.05) is 16.5 Å². The Balaban J connectivity index is 1.60. The van der Waals surface area contributed by atoms with Gasteiger partial charge in [0, 0.05) is 30.2 Å². The van der Waals surface area contributed by atoms with Gasteiger partial charge in [-0.2, -0.15) is 0 Å². The summed E-state index contributed by atoms with van der Waals surface area (Å²) >= 11 is 18.6. The maximum atomic E-state index is 13.0. The SMILES string of the molecule is CC1CCc2cc(Cl)cc(Cl)c2N1C(=O)CCCC(=O)Nc1ccc(S(C)(=O)=O)cc1Cl. The van der Waals surface area contributed by atoms with Crippen molar-refractivity contribution in [3.8, 4) is 0 Å². The Morgan fingerprint density at radius 1 is 1.09 bits per heavy atom. The molecule has 2 amide bonds. The third-order valence-electron chi connectivity index (χ3n) is 5.33. The molecule has 10 heteroatoms. The quantitative estimate of drug-likeness (QED) is 0.546. The lowest BCUT2D eigenvalue weighted by Gasteiger charge is -2.36. The maximum Gasteiger partial charge on any atom is 0.227 e. The summed E-state index contributed by atoms with van der Waals surface area (Å²) in [5.41, 5.74) is 1.96. The number of nitrogens with one attached hydrogen (secondary N) is 1. The number of nitrogens with zero attached hydrogens (tertiary/aromatic N) is 1. The molecule has 172 valence electrons. The molecule has 1 atom stereocenters. The predicted octanol–water partition coefficient (Wildman–Crippen LogP) is 5.53. The van der Waals surface area contributed by atoms with Crippen LogP contribution in [0.1, 0.15) is 38.2 Å². The Kier molecular flexibility index (Phi) is 7.76. The first kappa shape index (κ1) is 24.8. The second-order valence-corrected chi connectivity index (χ2v) is 11.1. The molecule has 3 rings (SSSR count). The van der Waals surface area contributed by atoms with E-state index in [1.165, 1.54) is 18.2 Å². The smallest absolute Gasteiger partial charge is 0.227 e. The first-order valence-corrected chi connectivity index (χ1v) is 13.1. The van der Waals surface area contributed by atoms with Crippen molar-refractivity contribution in [3.63, 3.8) is 0 Å². The van der Waals surface area contributed by atoms with Crippen LogP contribution in [0.4, 0.5) is 11.4 Å². The van der Waals surface area contributed by atoms with Crippen LogP contribution in [0, 0.1) is 0 Å². The van der Waals surface area contributed by atoms with E-state index in [-0.39, 0.29) is 40.6 Å². The van der Waals surface area contributed by atoms with Crippen LogP contribution >= 0.6 is 34.8 Å². The third kappa shape index (κ3) is 5.76. The molecule has 32 heavy (non-hydrogen) atoms. The van der Waals surface area contributed by atoms with Gasteiger partial charge in [-0.15, -0.1) is 0 Å². The summed E-state index contributed by atoms with van der Waals surface area (Å²) in [6.07, 6.45) is 3.31. The molecule has 0 aliphatic carbocycles. The van der Waals surface area contributed by atoms with Crippen molar-refractivity contribution < 1.29 is 18.0 Å². The van der Waals surface area contributed by atoms with E-state index in [1.54, 1.807) is 11.0 Å². The lowest BCUT2D eigenvalue weighted by atomic mass is 9.96. The minimum atomic E-state index is -3.39. The highest BCUT2D eigenvalue weighted by atomic mass is 35.5. The number of carbonyl (C=O) groups excluding carboxylic acids is 2. The molecule has 1 aliphatic heterocycles. The molecule has 0 saturated heterocycles. The van der Waals surface area contributed by atoms with Crippen molar-refractivity contribution in [2.24, 2.45) is 0 Å². The number of carbonyl (C=O) groups is 2. The van der Waals surface area contributed by atoms with E-state index in [0.29, 0.717) is 27.8 Å². The number of hydrogen-bond acceptors (Lipinski definition) is 4. The van der Waals surface area contributed by atoms with Gasteiger partial charge in [0.1, 0.15) is 0 Å². The maximum absolute atomic E-state index is 13.0. The number of benzene rings is 2. The van der Waals surface area contributed by atoms with Gasteiger partial charge in [0.2, 0.25) is 11.8 Å². The molecule has 0 radical (unpaired) electrons. The summed E-state index contributed by atoms with van der Waals surface area (Å²) in [6.45, 7) is 1.97. The average Bonchev–Trinajstić information content (AvgIpc) is 2.69. The second kappa shape index (κ2) is 10.00. The van der Waals surface area contributed by atoms with Crippen LogP contribution in [0.15, 0.2) is 35.2 Å². The van der Waals surface area contributed by atoms with Crippen LogP contribution in [0.5, 0.6) is 0 Å². The Morgan fingerprint density at radius 2 is 1.81 bits per heavy atom. The Hall–Kier alpha value is -1.80. The molecule has 0 saturated carbocycles. The number of hydrogen-bond donors (Lipinski definition) is 1. The first-order valence-electron chi connectivity index (χ1n) is 10.1. The fourth-order valence-corrected chi connectivity index (χ4v) is 5.29. The number of aryl methyl sites for hydroxylation is 1. The molecule has 0 aromatic heterocycles. The summed E-state index contributed by atoms with van der Waals surface area (Å²) < 4.78 is 23.2. The molecule has 6 nitrogen and oxygen atoms in total. The van der Waals surface area contributed by atoms with Crippen molar-refractivity contribution in [2.45, 2.75) is 50.0 Å². The lowest BCUT2D eigenvalue weighted by molar-refractivity contribution is -0.119. The molecule has 0 spiro atoms.